The predicted octanol–water partition coefficient (Wildman–Crippen LogP) is 1.03. The number of nitrogen functional groups attached to an aromatic ring is 1. The number of anilines is 2. The number of nitrogens with two attached hydrogens (primary N) is 1. The molecule has 0 radical (unpaired) electrons. The van der Waals surface area contributed by atoms with E-state index in [0.717, 1.165) is 5.00 Å². The van der Waals surface area contributed by atoms with E-state index in [1.807, 2.05) is 11.9 Å². The highest BCUT2D eigenvalue weighted by Crippen LogP contribution is 2.48. The van der Waals surface area contributed by atoms with Crippen LogP contribution < -0.4 is 10.6 Å². The van der Waals surface area contributed by atoms with Crippen molar-refractivity contribution in [3.8, 4) is 0 Å². The van der Waals surface area contributed by atoms with Crippen LogP contribution in [0.3, 0.4) is 0 Å². The van der Waals surface area contributed by atoms with Crippen molar-refractivity contribution in [2.45, 2.75) is 18.8 Å². The van der Waals surface area contributed by atoms with Gasteiger partial charge < -0.3 is 15.7 Å². The Morgan fingerprint density at radius 2 is 2.36 bits per heavy atom. The van der Waals surface area contributed by atoms with Gasteiger partial charge in [-0.05, 0) is 30.3 Å². The van der Waals surface area contributed by atoms with Gasteiger partial charge in [-0.15, -0.1) is 0 Å². The number of aromatic nitrogens is 1. The molecule has 1 aromatic heterocycles. The van der Waals surface area contributed by atoms with Crippen molar-refractivity contribution in [3.05, 3.63) is 5.56 Å². The summed E-state index contributed by atoms with van der Waals surface area (Å²) in [4.78, 5) is 2.03. The molecule has 3 N–H and O–H groups in total. The van der Waals surface area contributed by atoms with Crippen molar-refractivity contribution in [1.82, 2.24) is 4.37 Å². The van der Waals surface area contributed by atoms with Crippen LogP contribution in [-0.4, -0.2) is 29.7 Å². The number of aliphatic hydroxyl groups excluding tert-OH is 1. The van der Waals surface area contributed by atoms with Crippen LogP contribution in [0.2, 0.25) is 0 Å². The van der Waals surface area contributed by atoms with E-state index in [2.05, 4.69) is 4.37 Å². The summed E-state index contributed by atoms with van der Waals surface area (Å²) < 4.78 is 4.18. The zero-order valence-electron chi connectivity index (χ0n) is 8.23. The lowest BCUT2D eigenvalue weighted by Gasteiger charge is -2.16. The number of likely N-dealkylation sites (N-methyl/N-ethyl adjacent to an activating group) is 1. The Bertz CT molecular complexity index is 322. The fraction of sp³-hybridized carbons (Fsp3) is 0.667. The average Bonchev–Trinajstić information content (AvgIpc) is 2.90. The minimum atomic E-state index is 0.165. The average molecular weight is 213 g/mol. The molecule has 4 nitrogen and oxygen atoms in total. The molecule has 0 aliphatic heterocycles. The van der Waals surface area contributed by atoms with Crippen molar-refractivity contribution in [3.63, 3.8) is 0 Å². The van der Waals surface area contributed by atoms with Crippen molar-refractivity contribution in [2.24, 2.45) is 0 Å². The molecule has 0 aromatic carbocycles. The molecule has 0 unspecified atom stereocenters. The number of hydrogen-bond donors (Lipinski definition) is 2. The first-order valence-corrected chi connectivity index (χ1v) is 5.58. The Balaban J connectivity index is 2.23. The molecular formula is C9H15N3OS. The zero-order valence-corrected chi connectivity index (χ0v) is 9.05. The summed E-state index contributed by atoms with van der Waals surface area (Å²) >= 11 is 1.43. The summed E-state index contributed by atoms with van der Waals surface area (Å²) in [6.07, 6.45) is 2.45. The van der Waals surface area contributed by atoms with Gasteiger partial charge in [-0.3, -0.25) is 0 Å². The summed E-state index contributed by atoms with van der Waals surface area (Å²) in [7, 11) is 1.97. The number of aliphatic hydroxyl groups is 1. The second-order valence-electron chi connectivity index (χ2n) is 3.71. The molecule has 1 aliphatic carbocycles. The number of hydrogen-bond acceptors (Lipinski definition) is 5. The highest BCUT2D eigenvalue weighted by atomic mass is 32.1. The van der Waals surface area contributed by atoms with Gasteiger partial charge in [0.2, 0.25) is 0 Å². The predicted molar refractivity (Wildman–Crippen MR) is 58.9 cm³/mol. The molecule has 78 valence electrons. The van der Waals surface area contributed by atoms with Gasteiger partial charge in [-0.25, -0.2) is 0 Å². The SMILES string of the molecule is CN(CCO)c1snc(N)c1C1CC1. The van der Waals surface area contributed by atoms with Crippen LogP contribution in [0, 0.1) is 0 Å². The Morgan fingerprint density at radius 3 is 2.93 bits per heavy atom. The Labute approximate surface area is 87.5 Å². The van der Waals surface area contributed by atoms with Gasteiger partial charge in [-0.2, -0.15) is 4.37 Å². The summed E-state index contributed by atoms with van der Waals surface area (Å²) in [6.45, 7) is 0.805. The molecule has 1 aromatic rings. The molecule has 0 saturated heterocycles. The lowest BCUT2D eigenvalue weighted by Crippen LogP contribution is -2.21. The smallest absolute Gasteiger partial charge is 0.142 e. The van der Waals surface area contributed by atoms with Gasteiger partial charge in [0.15, 0.2) is 0 Å². The fourth-order valence-electron chi connectivity index (χ4n) is 1.58. The van der Waals surface area contributed by atoms with Crippen LogP contribution in [-0.2, 0) is 0 Å². The molecule has 0 atom stereocenters. The first-order valence-electron chi connectivity index (χ1n) is 4.81. The number of nitrogens with zero attached hydrogens (tertiary/aromatic N) is 2. The molecule has 1 aliphatic rings. The second-order valence-corrected chi connectivity index (χ2v) is 4.46. The van der Waals surface area contributed by atoms with Crippen LogP contribution in [0.1, 0.15) is 24.3 Å². The summed E-state index contributed by atoms with van der Waals surface area (Å²) in [5.41, 5.74) is 7.03. The van der Waals surface area contributed by atoms with E-state index in [1.165, 1.54) is 29.9 Å². The van der Waals surface area contributed by atoms with E-state index < -0.39 is 0 Å². The van der Waals surface area contributed by atoms with Crippen LogP contribution in [0.4, 0.5) is 10.8 Å². The van der Waals surface area contributed by atoms with Crippen molar-refractivity contribution < 1.29 is 5.11 Å². The van der Waals surface area contributed by atoms with Gasteiger partial charge in [0.05, 0.1) is 6.61 Å². The molecule has 0 amide bonds. The fourth-order valence-corrected chi connectivity index (χ4v) is 2.47. The molecule has 14 heavy (non-hydrogen) atoms. The molecule has 0 bridgehead atoms. The first-order chi connectivity index (χ1) is 6.74. The lowest BCUT2D eigenvalue weighted by atomic mass is 10.2. The molecule has 1 saturated carbocycles. The van der Waals surface area contributed by atoms with Gasteiger partial charge in [0.1, 0.15) is 10.8 Å². The van der Waals surface area contributed by atoms with Gasteiger partial charge in [0, 0.05) is 19.2 Å². The van der Waals surface area contributed by atoms with Crippen LogP contribution in [0.15, 0.2) is 0 Å². The van der Waals surface area contributed by atoms with Gasteiger partial charge in [-0.1, -0.05) is 0 Å². The van der Waals surface area contributed by atoms with Crippen LogP contribution in [0.25, 0.3) is 0 Å². The topological polar surface area (TPSA) is 62.4 Å². The minimum absolute atomic E-state index is 0.165. The van der Waals surface area contributed by atoms with Crippen LogP contribution in [0.5, 0.6) is 0 Å². The van der Waals surface area contributed by atoms with E-state index in [-0.39, 0.29) is 6.61 Å². The maximum atomic E-state index is 8.86. The second kappa shape index (κ2) is 3.74. The third-order valence-corrected chi connectivity index (χ3v) is 3.50. The molecule has 5 heteroatoms. The molecule has 0 spiro atoms. The lowest BCUT2D eigenvalue weighted by molar-refractivity contribution is 0.304. The minimum Gasteiger partial charge on any atom is -0.395 e. The summed E-state index contributed by atoms with van der Waals surface area (Å²) in [5.74, 6) is 1.29. The summed E-state index contributed by atoms with van der Waals surface area (Å²) in [5, 5.41) is 9.99. The van der Waals surface area contributed by atoms with E-state index in [0.29, 0.717) is 18.3 Å². The highest BCUT2D eigenvalue weighted by Gasteiger charge is 2.31. The van der Waals surface area contributed by atoms with E-state index in [4.69, 9.17) is 10.8 Å². The van der Waals surface area contributed by atoms with Gasteiger partial charge >= 0.3 is 0 Å². The van der Waals surface area contributed by atoms with Crippen molar-refractivity contribution >= 4 is 22.4 Å². The number of rotatable bonds is 4. The van der Waals surface area contributed by atoms with Crippen LogP contribution >= 0.6 is 11.5 Å². The normalized spacial score (nSPS) is 15.9. The van der Waals surface area contributed by atoms with E-state index in [1.54, 1.807) is 0 Å². The monoisotopic (exact) mass is 213 g/mol. The first kappa shape index (κ1) is 9.73. The largest absolute Gasteiger partial charge is 0.395 e. The maximum Gasteiger partial charge on any atom is 0.142 e. The standard InChI is InChI=1S/C9H15N3OS/c1-12(4-5-13)9-7(6-2-3-6)8(10)11-14-9/h6,13H,2-5H2,1H3,(H2,10,11). The zero-order chi connectivity index (χ0) is 10.1. The van der Waals surface area contributed by atoms with Crippen molar-refractivity contribution in [2.75, 3.05) is 30.8 Å². The van der Waals surface area contributed by atoms with Gasteiger partial charge in [0.25, 0.3) is 0 Å². The van der Waals surface area contributed by atoms with Crippen molar-refractivity contribution in [1.29, 1.82) is 0 Å². The summed E-state index contributed by atoms with van der Waals surface area (Å²) in [6, 6.07) is 0. The maximum absolute atomic E-state index is 8.86. The molecule has 1 fully saturated rings. The molecular weight excluding hydrogens is 198 g/mol. The third-order valence-electron chi connectivity index (χ3n) is 2.50. The molecule has 1 heterocycles. The third kappa shape index (κ3) is 1.69. The van der Waals surface area contributed by atoms with E-state index in [9.17, 15) is 0 Å². The Morgan fingerprint density at radius 1 is 1.64 bits per heavy atom. The quantitative estimate of drug-likeness (QED) is 0.784. The molecule has 2 rings (SSSR count). The highest BCUT2D eigenvalue weighted by molar-refractivity contribution is 7.10. The Kier molecular flexibility index (Phi) is 2.60. The Hall–Kier alpha value is -0.810. The van der Waals surface area contributed by atoms with E-state index >= 15 is 0 Å².